The summed E-state index contributed by atoms with van der Waals surface area (Å²) in [5, 5.41) is 13.2. The molecule has 1 unspecified atom stereocenters. The Hall–Kier alpha value is -1.22. The standard InChI is InChI=1S/C14H21NO2/c1-10(12-4-3-5-12)15-9-11-6-7-14(17-2)13(16)8-11/h6-8,10,12,15-16H,3-5,9H2,1-2H3. The number of phenols is 1. The van der Waals surface area contributed by atoms with Gasteiger partial charge >= 0.3 is 0 Å². The van der Waals surface area contributed by atoms with Gasteiger partial charge in [0, 0.05) is 12.6 Å². The van der Waals surface area contributed by atoms with Crippen molar-refractivity contribution in [3.63, 3.8) is 0 Å². The van der Waals surface area contributed by atoms with Gasteiger partial charge in [0.1, 0.15) is 0 Å². The van der Waals surface area contributed by atoms with E-state index in [1.165, 1.54) is 19.3 Å². The molecule has 0 heterocycles. The molecule has 94 valence electrons. The van der Waals surface area contributed by atoms with Gasteiger partial charge < -0.3 is 15.2 Å². The van der Waals surface area contributed by atoms with Crippen LogP contribution in [0.4, 0.5) is 0 Å². The fourth-order valence-corrected chi connectivity index (χ4v) is 2.23. The van der Waals surface area contributed by atoms with E-state index in [-0.39, 0.29) is 5.75 Å². The molecule has 0 aliphatic heterocycles. The highest BCUT2D eigenvalue weighted by Crippen LogP contribution is 2.30. The molecule has 0 spiro atoms. The molecular formula is C14H21NO2. The highest BCUT2D eigenvalue weighted by molar-refractivity contribution is 5.41. The number of ether oxygens (including phenoxy) is 1. The zero-order valence-corrected chi connectivity index (χ0v) is 10.6. The van der Waals surface area contributed by atoms with Crippen LogP contribution >= 0.6 is 0 Å². The van der Waals surface area contributed by atoms with Crippen LogP contribution in [0.5, 0.6) is 11.5 Å². The fraction of sp³-hybridized carbons (Fsp3) is 0.571. The molecule has 3 heteroatoms. The lowest BCUT2D eigenvalue weighted by Gasteiger charge is -2.32. The second-order valence-corrected chi connectivity index (χ2v) is 4.87. The second kappa shape index (κ2) is 5.41. The van der Waals surface area contributed by atoms with Crippen molar-refractivity contribution in [1.29, 1.82) is 0 Å². The second-order valence-electron chi connectivity index (χ2n) is 4.87. The van der Waals surface area contributed by atoms with Gasteiger partial charge in [0.25, 0.3) is 0 Å². The van der Waals surface area contributed by atoms with Crippen LogP contribution in [0.15, 0.2) is 18.2 Å². The van der Waals surface area contributed by atoms with Crippen LogP contribution in [0, 0.1) is 5.92 Å². The molecule has 1 saturated carbocycles. The molecule has 1 aliphatic rings. The number of rotatable bonds is 5. The van der Waals surface area contributed by atoms with Crippen molar-refractivity contribution in [3.05, 3.63) is 23.8 Å². The Balaban J connectivity index is 1.87. The number of benzene rings is 1. The summed E-state index contributed by atoms with van der Waals surface area (Å²) in [5.74, 6) is 1.57. The van der Waals surface area contributed by atoms with E-state index in [0.29, 0.717) is 11.8 Å². The third-order valence-electron chi connectivity index (χ3n) is 3.73. The quantitative estimate of drug-likeness (QED) is 0.824. The van der Waals surface area contributed by atoms with E-state index < -0.39 is 0 Å². The van der Waals surface area contributed by atoms with Crippen LogP contribution in [-0.4, -0.2) is 18.3 Å². The summed E-state index contributed by atoms with van der Waals surface area (Å²) in [4.78, 5) is 0. The van der Waals surface area contributed by atoms with Crippen LogP contribution < -0.4 is 10.1 Å². The summed E-state index contributed by atoms with van der Waals surface area (Å²) in [6.07, 6.45) is 4.07. The average Bonchev–Trinajstić information content (AvgIpc) is 2.24. The van der Waals surface area contributed by atoms with Crippen LogP contribution in [0.1, 0.15) is 31.7 Å². The molecule has 0 saturated heterocycles. The zero-order valence-electron chi connectivity index (χ0n) is 10.6. The van der Waals surface area contributed by atoms with E-state index in [2.05, 4.69) is 12.2 Å². The molecule has 17 heavy (non-hydrogen) atoms. The Bertz CT molecular complexity index is 374. The highest BCUT2D eigenvalue weighted by atomic mass is 16.5. The monoisotopic (exact) mass is 235 g/mol. The van der Waals surface area contributed by atoms with Crippen molar-refractivity contribution in [2.75, 3.05) is 7.11 Å². The lowest BCUT2D eigenvalue weighted by molar-refractivity contribution is 0.240. The van der Waals surface area contributed by atoms with Gasteiger partial charge in [-0.2, -0.15) is 0 Å². The average molecular weight is 235 g/mol. The maximum atomic E-state index is 9.67. The summed E-state index contributed by atoms with van der Waals surface area (Å²) < 4.78 is 5.02. The maximum absolute atomic E-state index is 9.67. The van der Waals surface area contributed by atoms with Gasteiger partial charge in [0.05, 0.1) is 7.11 Å². The molecule has 0 bridgehead atoms. The third-order valence-corrected chi connectivity index (χ3v) is 3.73. The first-order valence-corrected chi connectivity index (χ1v) is 6.30. The predicted octanol–water partition coefficient (Wildman–Crippen LogP) is 2.68. The molecular weight excluding hydrogens is 214 g/mol. The number of aromatic hydroxyl groups is 1. The van der Waals surface area contributed by atoms with Crippen LogP contribution in [0.25, 0.3) is 0 Å². The minimum atomic E-state index is 0.211. The molecule has 3 nitrogen and oxygen atoms in total. The molecule has 1 aliphatic carbocycles. The van der Waals surface area contributed by atoms with Gasteiger partial charge in [-0.05, 0) is 43.4 Å². The zero-order chi connectivity index (χ0) is 12.3. The SMILES string of the molecule is COc1ccc(CNC(C)C2CCC2)cc1O. The van der Waals surface area contributed by atoms with Gasteiger partial charge in [0.2, 0.25) is 0 Å². The largest absolute Gasteiger partial charge is 0.504 e. The van der Waals surface area contributed by atoms with E-state index in [1.807, 2.05) is 6.07 Å². The van der Waals surface area contributed by atoms with Crippen molar-refractivity contribution >= 4 is 0 Å². The normalized spacial score (nSPS) is 17.5. The van der Waals surface area contributed by atoms with Gasteiger partial charge in [-0.3, -0.25) is 0 Å². The number of hydrogen-bond donors (Lipinski definition) is 2. The van der Waals surface area contributed by atoms with Gasteiger partial charge in [-0.15, -0.1) is 0 Å². The van der Waals surface area contributed by atoms with Crippen molar-refractivity contribution in [3.8, 4) is 11.5 Å². The Kier molecular flexibility index (Phi) is 3.89. The molecule has 0 radical (unpaired) electrons. The molecule has 2 N–H and O–H groups in total. The van der Waals surface area contributed by atoms with Crippen molar-refractivity contribution in [2.24, 2.45) is 5.92 Å². The summed E-state index contributed by atoms with van der Waals surface area (Å²) in [5.41, 5.74) is 1.09. The van der Waals surface area contributed by atoms with Crippen LogP contribution in [-0.2, 0) is 6.54 Å². The maximum Gasteiger partial charge on any atom is 0.160 e. The van der Waals surface area contributed by atoms with E-state index in [1.54, 1.807) is 19.2 Å². The van der Waals surface area contributed by atoms with Crippen molar-refractivity contribution < 1.29 is 9.84 Å². The van der Waals surface area contributed by atoms with E-state index in [4.69, 9.17) is 4.74 Å². The highest BCUT2D eigenvalue weighted by Gasteiger charge is 2.23. The lowest BCUT2D eigenvalue weighted by atomic mass is 9.80. The predicted molar refractivity (Wildman–Crippen MR) is 68.3 cm³/mol. The summed E-state index contributed by atoms with van der Waals surface area (Å²) in [6.45, 7) is 3.04. The molecule has 0 aromatic heterocycles. The van der Waals surface area contributed by atoms with E-state index in [0.717, 1.165) is 18.0 Å². The number of phenolic OH excluding ortho intramolecular Hbond substituents is 1. The van der Waals surface area contributed by atoms with Gasteiger partial charge in [0.15, 0.2) is 11.5 Å². The molecule has 1 atom stereocenters. The summed E-state index contributed by atoms with van der Waals surface area (Å²) in [7, 11) is 1.56. The van der Waals surface area contributed by atoms with Crippen LogP contribution in [0.2, 0.25) is 0 Å². The van der Waals surface area contributed by atoms with Crippen LogP contribution in [0.3, 0.4) is 0 Å². The smallest absolute Gasteiger partial charge is 0.160 e. The third kappa shape index (κ3) is 2.91. The first-order chi connectivity index (χ1) is 8.20. The molecule has 1 aromatic carbocycles. The Morgan fingerprint density at radius 1 is 1.47 bits per heavy atom. The van der Waals surface area contributed by atoms with Crippen molar-refractivity contribution in [1.82, 2.24) is 5.32 Å². The van der Waals surface area contributed by atoms with E-state index in [9.17, 15) is 5.11 Å². The fourth-order valence-electron chi connectivity index (χ4n) is 2.23. The first kappa shape index (κ1) is 12.2. The lowest BCUT2D eigenvalue weighted by Crippen LogP contribution is -2.36. The Morgan fingerprint density at radius 3 is 2.76 bits per heavy atom. The summed E-state index contributed by atoms with van der Waals surface area (Å²) in [6, 6.07) is 6.12. The van der Waals surface area contributed by atoms with Gasteiger partial charge in [-0.25, -0.2) is 0 Å². The van der Waals surface area contributed by atoms with Crippen molar-refractivity contribution in [2.45, 2.75) is 38.8 Å². The Morgan fingerprint density at radius 2 is 2.24 bits per heavy atom. The minimum Gasteiger partial charge on any atom is -0.504 e. The number of hydrogen-bond acceptors (Lipinski definition) is 3. The molecule has 1 aromatic rings. The van der Waals surface area contributed by atoms with Gasteiger partial charge in [-0.1, -0.05) is 12.5 Å². The first-order valence-electron chi connectivity index (χ1n) is 6.30. The molecule has 2 rings (SSSR count). The molecule has 0 amide bonds. The minimum absolute atomic E-state index is 0.211. The topological polar surface area (TPSA) is 41.5 Å². The van der Waals surface area contributed by atoms with E-state index >= 15 is 0 Å². The number of nitrogens with one attached hydrogen (secondary N) is 1. The Labute approximate surface area is 103 Å². The molecule has 1 fully saturated rings. The summed E-state index contributed by atoms with van der Waals surface area (Å²) >= 11 is 0. The number of methoxy groups -OCH3 is 1.